The molecule has 5 nitrogen and oxygen atoms in total. The lowest BCUT2D eigenvalue weighted by molar-refractivity contribution is 0.104. The molecule has 0 unspecified atom stereocenters. The summed E-state index contributed by atoms with van der Waals surface area (Å²) < 4.78 is 15.9. The van der Waals surface area contributed by atoms with Gasteiger partial charge < -0.3 is 19.2 Å². The molecule has 0 atom stereocenters. The van der Waals surface area contributed by atoms with E-state index in [-0.39, 0.29) is 5.78 Å². The van der Waals surface area contributed by atoms with Gasteiger partial charge in [0.2, 0.25) is 5.75 Å². The number of ether oxygens (including phenoxy) is 3. The molecule has 0 saturated carbocycles. The van der Waals surface area contributed by atoms with Crippen LogP contribution in [-0.4, -0.2) is 39.1 Å². The summed E-state index contributed by atoms with van der Waals surface area (Å²) in [7, 11) is 4.61. The van der Waals surface area contributed by atoms with Crippen LogP contribution in [0.5, 0.6) is 17.2 Å². The van der Waals surface area contributed by atoms with Crippen LogP contribution in [0.1, 0.15) is 15.9 Å². The molecular weight excluding hydrogens is 319 g/mol. The third-order valence-corrected chi connectivity index (χ3v) is 3.77. The number of allylic oxidation sites excluding steroid dienone is 1. The van der Waals surface area contributed by atoms with Gasteiger partial charge >= 0.3 is 6.92 Å². The second-order valence-corrected chi connectivity index (χ2v) is 5.46. The summed E-state index contributed by atoms with van der Waals surface area (Å²) in [5, 5.41) is 9.63. The van der Waals surface area contributed by atoms with Crippen LogP contribution >= 0.6 is 0 Å². The van der Waals surface area contributed by atoms with Crippen LogP contribution in [0.3, 0.4) is 0 Å². The molecule has 0 amide bonds. The fraction of sp³-hybridized carbons (Fsp3) is 0.211. The Balaban J connectivity index is 2.29. The quantitative estimate of drug-likeness (QED) is 0.476. The minimum atomic E-state index is -0.619. The van der Waals surface area contributed by atoms with Gasteiger partial charge in [-0.3, -0.25) is 4.79 Å². The van der Waals surface area contributed by atoms with Crippen molar-refractivity contribution in [1.29, 1.82) is 0 Å². The molecule has 130 valence electrons. The Bertz CT molecular complexity index is 758. The Kier molecular flexibility index (Phi) is 6.25. The van der Waals surface area contributed by atoms with Gasteiger partial charge in [-0.05, 0) is 29.2 Å². The van der Waals surface area contributed by atoms with Crippen molar-refractivity contribution in [3.8, 4) is 17.2 Å². The summed E-state index contributed by atoms with van der Waals surface area (Å²) in [4.78, 5) is 12.4. The highest BCUT2D eigenvalue weighted by atomic mass is 16.5. The van der Waals surface area contributed by atoms with Gasteiger partial charge in [0.25, 0.3) is 0 Å². The second kappa shape index (κ2) is 8.40. The molecule has 0 aliphatic rings. The Morgan fingerprint density at radius 3 is 2.20 bits per heavy atom. The molecule has 0 aliphatic heterocycles. The lowest BCUT2D eigenvalue weighted by Gasteiger charge is -2.12. The first-order valence-electron chi connectivity index (χ1n) is 7.80. The van der Waals surface area contributed by atoms with Crippen LogP contribution in [0.4, 0.5) is 0 Å². The molecular formula is C19H21BO5. The van der Waals surface area contributed by atoms with Crippen LogP contribution in [0, 0.1) is 0 Å². The van der Waals surface area contributed by atoms with E-state index < -0.39 is 6.92 Å². The lowest BCUT2D eigenvalue weighted by Crippen LogP contribution is -2.26. The minimum Gasteiger partial charge on any atom is -0.493 e. The zero-order chi connectivity index (χ0) is 18.4. The molecule has 0 heterocycles. The van der Waals surface area contributed by atoms with E-state index in [9.17, 15) is 9.82 Å². The largest absolute Gasteiger partial charge is 0.493 e. The molecule has 2 rings (SSSR count). The van der Waals surface area contributed by atoms with E-state index in [0.717, 1.165) is 5.56 Å². The molecule has 1 N–H and O–H groups in total. The first kappa shape index (κ1) is 18.6. The third-order valence-electron chi connectivity index (χ3n) is 3.77. The summed E-state index contributed by atoms with van der Waals surface area (Å²) >= 11 is 0. The number of hydrogen-bond acceptors (Lipinski definition) is 5. The maximum atomic E-state index is 12.4. The van der Waals surface area contributed by atoms with Gasteiger partial charge in [-0.1, -0.05) is 37.2 Å². The van der Waals surface area contributed by atoms with Crippen molar-refractivity contribution in [3.63, 3.8) is 0 Å². The highest BCUT2D eigenvalue weighted by molar-refractivity contribution is 6.64. The van der Waals surface area contributed by atoms with E-state index >= 15 is 0 Å². The highest BCUT2D eigenvalue weighted by Crippen LogP contribution is 2.38. The fourth-order valence-corrected chi connectivity index (χ4v) is 2.42. The van der Waals surface area contributed by atoms with Gasteiger partial charge in [0.05, 0.1) is 21.3 Å². The summed E-state index contributed by atoms with van der Waals surface area (Å²) in [6, 6.07) is 10.5. The first-order valence-corrected chi connectivity index (χ1v) is 7.80. The molecule has 0 saturated heterocycles. The molecule has 0 aliphatic carbocycles. The first-order chi connectivity index (χ1) is 12.0. The number of benzene rings is 2. The average molecular weight is 340 g/mol. The molecule has 6 heteroatoms. The fourth-order valence-electron chi connectivity index (χ4n) is 2.42. The van der Waals surface area contributed by atoms with Gasteiger partial charge in [-0.25, -0.2) is 0 Å². The van der Waals surface area contributed by atoms with Crippen molar-refractivity contribution in [2.24, 2.45) is 0 Å². The van der Waals surface area contributed by atoms with Crippen LogP contribution in [0.2, 0.25) is 6.82 Å². The molecule has 0 aromatic heterocycles. The molecule has 0 radical (unpaired) electrons. The summed E-state index contributed by atoms with van der Waals surface area (Å²) in [5.41, 5.74) is 1.96. The second-order valence-electron chi connectivity index (χ2n) is 5.46. The van der Waals surface area contributed by atoms with E-state index in [1.165, 1.54) is 27.4 Å². The van der Waals surface area contributed by atoms with Gasteiger partial charge in [0, 0.05) is 5.56 Å². The van der Waals surface area contributed by atoms with E-state index in [4.69, 9.17) is 14.2 Å². The predicted molar refractivity (Wildman–Crippen MR) is 99.4 cm³/mol. The molecule has 0 spiro atoms. The Morgan fingerprint density at radius 1 is 1.04 bits per heavy atom. The zero-order valence-corrected chi connectivity index (χ0v) is 14.8. The predicted octanol–water partition coefficient (Wildman–Crippen LogP) is 2.43. The number of hydrogen-bond donors (Lipinski definition) is 1. The summed E-state index contributed by atoms with van der Waals surface area (Å²) in [6.45, 7) is 1.04. The number of methoxy groups -OCH3 is 3. The lowest BCUT2D eigenvalue weighted by atomic mass is 9.64. The Hall–Kier alpha value is -2.73. The Morgan fingerprint density at radius 2 is 1.68 bits per heavy atom. The van der Waals surface area contributed by atoms with Crippen molar-refractivity contribution in [1.82, 2.24) is 0 Å². The van der Waals surface area contributed by atoms with Gasteiger partial charge in [0.15, 0.2) is 17.3 Å². The van der Waals surface area contributed by atoms with Gasteiger partial charge in [-0.15, -0.1) is 0 Å². The molecule has 2 aromatic rings. The van der Waals surface area contributed by atoms with Gasteiger partial charge in [-0.2, -0.15) is 0 Å². The van der Waals surface area contributed by atoms with Crippen molar-refractivity contribution in [2.75, 3.05) is 21.3 Å². The number of rotatable bonds is 7. The number of ketones is 1. The maximum absolute atomic E-state index is 12.4. The zero-order valence-electron chi connectivity index (χ0n) is 14.8. The Labute approximate surface area is 148 Å². The SMILES string of the molecule is COc1cc(/C=C/C(=O)c2cccc(B(C)O)c2)cc(OC)c1OC. The van der Waals surface area contributed by atoms with E-state index in [1.807, 2.05) is 0 Å². The maximum Gasteiger partial charge on any atom is 0.320 e. The van der Waals surface area contributed by atoms with Crippen molar-refractivity contribution in [3.05, 3.63) is 53.6 Å². The normalized spacial score (nSPS) is 10.6. The van der Waals surface area contributed by atoms with Crippen molar-refractivity contribution >= 4 is 24.2 Å². The third kappa shape index (κ3) is 4.42. The van der Waals surface area contributed by atoms with Crippen LogP contribution in [0.25, 0.3) is 6.08 Å². The van der Waals surface area contributed by atoms with E-state index in [1.54, 1.807) is 49.3 Å². The molecule has 0 fully saturated rings. The van der Waals surface area contributed by atoms with Crippen LogP contribution in [-0.2, 0) is 0 Å². The van der Waals surface area contributed by atoms with Crippen LogP contribution < -0.4 is 19.7 Å². The minimum absolute atomic E-state index is 0.156. The summed E-state index contributed by atoms with van der Waals surface area (Å²) in [6.07, 6.45) is 3.16. The topological polar surface area (TPSA) is 65.0 Å². The monoisotopic (exact) mass is 340 g/mol. The van der Waals surface area contributed by atoms with E-state index in [0.29, 0.717) is 28.3 Å². The molecule has 25 heavy (non-hydrogen) atoms. The standard InChI is InChI=1S/C19H21BO5/c1-20(22)15-7-5-6-14(12-15)16(21)9-8-13-10-17(23-2)19(25-4)18(11-13)24-3/h5-12,22H,1-4H3/b9-8+. The molecule has 2 aromatic carbocycles. The smallest absolute Gasteiger partial charge is 0.320 e. The highest BCUT2D eigenvalue weighted by Gasteiger charge is 2.13. The molecule has 0 bridgehead atoms. The van der Waals surface area contributed by atoms with E-state index in [2.05, 4.69) is 0 Å². The number of carbonyl (C=O) groups is 1. The van der Waals surface area contributed by atoms with Crippen molar-refractivity contribution in [2.45, 2.75) is 6.82 Å². The average Bonchev–Trinajstić information content (AvgIpc) is 2.64. The van der Waals surface area contributed by atoms with Crippen molar-refractivity contribution < 1.29 is 24.0 Å². The van der Waals surface area contributed by atoms with Crippen LogP contribution in [0.15, 0.2) is 42.5 Å². The number of carbonyl (C=O) groups excluding carboxylic acids is 1. The summed E-state index contributed by atoms with van der Waals surface area (Å²) in [5.74, 6) is 1.38. The van der Waals surface area contributed by atoms with Gasteiger partial charge in [0.1, 0.15) is 0 Å².